The molecule has 0 saturated carbocycles. The Morgan fingerprint density at radius 2 is 2.47 bits per heavy atom. The van der Waals surface area contributed by atoms with Crippen LogP contribution in [0.4, 0.5) is 0 Å². The molecular formula is C11H10ClNO2. The van der Waals surface area contributed by atoms with Gasteiger partial charge in [-0.05, 0) is 6.07 Å². The summed E-state index contributed by atoms with van der Waals surface area (Å²) in [4.78, 5) is 15.2. The number of halogens is 1. The smallest absolute Gasteiger partial charge is 0.339 e. The highest BCUT2D eigenvalue weighted by Gasteiger charge is 2.09. The molecule has 0 aliphatic carbocycles. The van der Waals surface area contributed by atoms with E-state index in [1.807, 2.05) is 0 Å². The predicted molar refractivity (Wildman–Crippen MR) is 57.8 cm³/mol. The van der Waals surface area contributed by atoms with Crippen LogP contribution in [0.25, 0.3) is 0 Å². The number of carbonyl (C=O) groups excluding carboxylic acids is 1. The Balaban J connectivity index is 2.98. The van der Waals surface area contributed by atoms with Crippen molar-refractivity contribution < 1.29 is 9.53 Å². The number of rotatable bonds is 2. The molecule has 1 heterocycles. The lowest BCUT2D eigenvalue weighted by molar-refractivity contribution is 0.0600. The highest BCUT2D eigenvalue weighted by molar-refractivity contribution is 6.18. The van der Waals surface area contributed by atoms with Gasteiger partial charge in [-0.1, -0.05) is 11.8 Å². The van der Waals surface area contributed by atoms with Gasteiger partial charge in [0, 0.05) is 24.7 Å². The summed E-state index contributed by atoms with van der Waals surface area (Å²) in [6, 6.07) is 1.58. The number of ether oxygens (including phenoxy) is 1. The fourth-order valence-electron chi connectivity index (χ4n) is 0.987. The van der Waals surface area contributed by atoms with Crippen LogP contribution in [0.15, 0.2) is 18.5 Å². The second-order valence-electron chi connectivity index (χ2n) is 2.65. The zero-order valence-corrected chi connectivity index (χ0v) is 9.04. The van der Waals surface area contributed by atoms with Gasteiger partial charge >= 0.3 is 5.97 Å². The van der Waals surface area contributed by atoms with E-state index < -0.39 is 5.97 Å². The van der Waals surface area contributed by atoms with Crippen molar-refractivity contribution in [3.05, 3.63) is 29.6 Å². The number of aromatic nitrogens is 1. The summed E-state index contributed by atoms with van der Waals surface area (Å²) in [5, 5.41) is 0. The van der Waals surface area contributed by atoms with Gasteiger partial charge in [-0.25, -0.2) is 4.79 Å². The standard InChI is InChI=1S/C11H10ClNO2/c1-15-11(14)10-5-7-13-8-9(10)4-2-3-6-12/h5,7-8H,3,6H2,1H3. The minimum absolute atomic E-state index is 0.410. The van der Waals surface area contributed by atoms with Crippen LogP contribution in [0.3, 0.4) is 0 Å². The minimum atomic E-state index is -0.410. The lowest BCUT2D eigenvalue weighted by atomic mass is 10.1. The average Bonchev–Trinajstić information content (AvgIpc) is 2.29. The maximum atomic E-state index is 11.3. The van der Waals surface area contributed by atoms with Gasteiger partial charge in [0.25, 0.3) is 0 Å². The van der Waals surface area contributed by atoms with E-state index >= 15 is 0 Å². The lowest BCUT2D eigenvalue weighted by Gasteiger charge is -2.00. The van der Waals surface area contributed by atoms with Crippen molar-refractivity contribution >= 4 is 17.6 Å². The van der Waals surface area contributed by atoms with Gasteiger partial charge in [-0.3, -0.25) is 4.98 Å². The summed E-state index contributed by atoms with van der Waals surface area (Å²) in [7, 11) is 1.33. The molecule has 0 saturated heterocycles. The molecule has 0 bridgehead atoms. The van der Waals surface area contributed by atoms with Crippen molar-refractivity contribution in [2.24, 2.45) is 0 Å². The van der Waals surface area contributed by atoms with E-state index in [1.165, 1.54) is 19.5 Å². The van der Waals surface area contributed by atoms with E-state index in [2.05, 4.69) is 21.6 Å². The van der Waals surface area contributed by atoms with Gasteiger partial charge in [-0.2, -0.15) is 0 Å². The van der Waals surface area contributed by atoms with Crippen LogP contribution in [0.5, 0.6) is 0 Å². The molecule has 0 unspecified atom stereocenters. The summed E-state index contributed by atoms with van der Waals surface area (Å²) in [5.74, 6) is 5.74. The first-order valence-electron chi connectivity index (χ1n) is 4.36. The van der Waals surface area contributed by atoms with Gasteiger partial charge in [0.2, 0.25) is 0 Å². The highest BCUT2D eigenvalue weighted by atomic mass is 35.5. The van der Waals surface area contributed by atoms with Crippen LogP contribution in [-0.4, -0.2) is 23.9 Å². The quantitative estimate of drug-likeness (QED) is 0.436. The topological polar surface area (TPSA) is 39.2 Å². The van der Waals surface area contributed by atoms with Gasteiger partial charge in [-0.15, -0.1) is 11.6 Å². The van der Waals surface area contributed by atoms with Crippen LogP contribution < -0.4 is 0 Å². The van der Waals surface area contributed by atoms with Crippen LogP contribution in [-0.2, 0) is 4.74 Å². The fourth-order valence-corrected chi connectivity index (χ4v) is 1.08. The zero-order chi connectivity index (χ0) is 11.1. The van der Waals surface area contributed by atoms with Gasteiger partial charge in [0.1, 0.15) is 0 Å². The molecule has 0 amide bonds. The predicted octanol–water partition coefficient (Wildman–Crippen LogP) is 1.85. The van der Waals surface area contributed by atoms with E-state index in [0.717, 1.165) is 0 Å². The molecule has 0 aromatic carbocycles. The summed E-state index contributed by atoms with van der Waals surface area (Å²) in [6.45, 7) is 0. The van der Waals surface area contributed by atoms with Crippen molar-refractivity contribution in [2.45, 2.75) is 6.42 Å². The molecule has 0 atom stereocenters. The number of hydrogen-bond donors (Lipinski definition) is 0. The number of alkyl halides is 1. The van der Waals surface area contributed by atoms with Crippen LogP contribution >= 0.6 is 11.6 Å². The molecule has 78 valence electrons. The van der Waals surface area contributed by atoms with Gasteiger partial charge < -0.3 is 4.74 Å². The lowest BCUT2D eigenvalue weighted by Crippen LogP contribution is -2.04. The molecule has 1 aromatic heterocycles. The maximum Gasteiger partial charge on any atom is 0.339 e. The molecule has 3 nitrogen and oxygen atoms in total. The summed E-state index contributed by atoms with van der Waals surface area (Å²) < 4.78 is 4.62. The molecule has 15 heavy (non-hydrogen) atoms. The fraction of sp³-hybridized carbons (Fsp3) is 0.273. The minimum Gasteiger partial charge on any atom is -0.465 e. The molecule has 0 aliphatic rings. The van der Waals surface area contributed by atoms with Crippen molar-refractivity contribution in [3.8, 4) is 11.8 Å². The Morgan fingerprint density at radius 3 is 3.13 bits per heavy atom. The number of hydrogen-bond acceptors (Lipinski definition) is 3. The molecule has 0 N–H and O–H groups in total. The van der Waals surface area contributed by atoms with Crippen LogP contribution in [0.1, 0.15) is 22.3 Å². The van der Waals surface area contributed by atoms with E-state index in [4.69, 9.17) is 11.6 Å². The van der Waals surface area contributed by atoms with Crippen LogP contribution in [0.2, 0.25) is 0 Å². The number of pyridine rings is 1. The molecule has 1 rings (SSSR count). The first kappa shape index (κ1) is 11.5. The largest absolute Gasteiger partial charge is 0.465 e. The molecule has 0 spiro atoms. The van der Waals surface area contributed by atoms with Crippen molar-refractivity contribution in [3.63, 3.8) is 0 Å². The normalized spacial score (nSPS) is 8.93. The van der Waals surface area contributed by atoms with Gasteiger partial charge in [0.05, 0.1) is 18.2 Å². The molecule has 0 aliphatic heterocycles. The van der Waals surface area contributed by atoms with E-state index in [9.17, 15) is 4.79 Å². The van der Waals surface area contributed by atoms with Crippen molar-refractivity contribution in [1.82, 2.24) is 4.98 Å². The Labute approximate surface area is 93.4 Å². The highest BCUT2D eigenvalue weighted by Crippen LogP contribution is 2.06. The number of methoxy groups -OCH3 is 1. The second kappa shape index (κ2) is 6.05. The maximum absolute atomic E-state index is 11.3. The first-order chi connectivity index (χ1) is 7.29. The third-order valence-electron chi connectivity index (χ3n) is 1.67. The first-order valence-corrected chi connectivity index (χ1v) is 4.90. The number of esters is 1. The third kappa shape index (κ3) is 3.26. The van der Waals surface area contributed by atoms with Crippen molar-refractivity contribution in [2.75, 3.05) is 13.0 Å². The Bertz CT molecular complexity index is 407. The Hall–Kier alpha value is -1.53. The molecule has 4 heteroatoms. The summed E-state index contributed by atoms with van der Waals surface area (Å²) >= 11 is 5.49. The number of nitrogens with zero attached hydrogens (tertiary/aromatic N) is 1. The molecule has 0 fully saturated rings. The summed E-state index contributed by atoms with van der Waals surface area (Å²) in [5.41, 5.74) is 0.990. The Morgan fingerprint density at radius 1 is 1.67 bits per heavy atom. The average molecular weight is 224 g/mol. The number of carbonyl (C=O) groups is 1. The van der Waals surface area contributed by atoms with E-state index in [1.54, 1.807) is 6.07 Å². The monoisotopic (exact) mass is 223 g/mol. The van der Waals surface area contributed by atoms with E-state index in [-0.39, 0.29) is 0 Å². The SMILES string of the molecule is COC(=O)c1ccncc1C#CCCCl. The molecular weight excluding hydrogens is 214 g/mol. The second-order valence-corrected chi connectivity index (χ2v) is 3.03. The molecule has 0 radical (unpaired) electrons. The summed E-state index contributed by atoms with van der Waals surface area (Å²) in [6.07, 6.45) is 3.64. The van der Waals surface area contributed by atoms with Gasteiger partial charge in [0.15, 0.2) is 0 Å². The van der Waals surface area contributed by atoms with Crippen LogP contribution in [0, 0.1) is 11.8 Å². The van der Waals surface area contributed by atoms with Crippen molar-refractivity contribution in [1.29, 1.82) is 0 Å². The third-order valence-corrected chi connectivity index (χ3v) is 1.86. The van der Waals surface area contributed by atoms with E-state index in [0.29, 0.717) is 23.4 Å². The molecule has 1 aromatic rings. The Kier molecular flexibility index (Phi) is 4.65. The zero-order valence-electron chi connectivity index (χ0n) is 8.29.